The van der Waals surface area contributed by atoms with Gasteiger partial charge in [-0.25, -0.2) is 0 Å². The summed E-state index contributed by atoms with van der Waals surface area (Å²) >= 11 is 2.46. The Kier molecular flexibility index (Phi) is 2.67. The molecule has 0 unspecified atom stereocenters. The van der Waals surface area contributed by atoms with Crippen molar-refractivity contribution in [1.29, 1.82) is 0 Å². The van der Waals surface area contributed by atoms with Gasteiger partial charge in [-0.2, -0.15) is 0 Å². The first-order valence-corrected chi connectivity index (χ1v) is 5.25. The third kappa shape index (κ3) is 1.87. The Bertz CT molecular complexity index is 437. The third-order valence-corrected chi connectivity index (χ3v) is 2.86. The molecule has 2 aromatic carbocycles. The predicted molar refractivity (Wildman–Crippen MR) is 58.6 cm³/mol. The van der Waals surface area contributed by atoms with Crippen LogP contribution in [0, 0.1) is 5.82 Å². The molecule has 0 spiro atoms. The van der Waals surface area contributed by atoms with Gasteiger partial charge in [0.2, 0.25) is 0 Å². The van der Waals surface area contributed by atoms with Crippen LogP contribution in [0.25, 0.3) is 11.1 Å². The van der Waals surface area contributed by atoms with Gasteiger partial charge in [-0.1, -0.05) is 0 Å². The summed E-state index contributed by atoms with van der Waals surface area (Å²) in [6.07, 6.45) is 0. The molecule has 0 saturated heterocycles. The van der Waals surface area contributed by atoms with Crippen molar-refractivity contribution in [2.45, 2.75) is 0 Å². The van der Waals surface area contributed by atoms with Crippen LogP contribution in [0.1, 0.15) is 0 Å². The van der Waals surface area contributed by atoms with Gasteiger partial charge in [-0.3, -0.25) is 0 Å². The van der Waals surface area contributed by atoms with Gasteiger partial charge >= 0.3 is 90.3 Å². The Morgan fingerprint density at radius 1 is 0.929 bits per heavy atom. The quantitative estimate of drug-likeness (QED) is 0.680. The van der Waals surface area contributed by atoms with Crippen LogP contribution in [-0.2, 0) is 0 Å². The molecule has 2 aromatic rings. The average molecular weight is 251 g/mol. The zero-order valence-corrected chi connectivity index (χ0v) is 9.32. The molecule has 0 fully saturated rings. The van der Waals surface area contributed by atoms with Crippen molar-refractivity contribution in [1.82, 2.24) is 0 Å². The second-order valence-corrected chi connectivity index (χ2v) is 4.04. The molecule has 14 heavy (non-hydrogen) atoms. The minimum atomic E-state index is -0.196. The number of hydrogen-bond acceptors (Lipinski definition) is 0. The van der Waals surface area contributed by atoms with Crippen molar-refractivity contribution in [3.63, 3.8) is 0 Å². The summed E-state index contributed by atoms with van der Waals surface area (Å²) in [4.78, 5) is 0. The standard InChI is InChI=1S/C12H9FSe/c13-10-6-7-12(14)11(8-10)9-4-2-1-3-5-9/h1-8,14H. The van der Waals surface area contributed by atoms with E-state index in [1.165, 1.54) is 6.07 Å². The molecule has 0 nitrogen and oxygen atoms in total. The van der Waals surface area contributed by atoms with Gasteiger partial charge in [-0.05, 0) is 0 Å². The summed E-state index contributed by atoms with van der Waals surface area (Å²) in [7, 11) is 0. The van der Waals surface area contributed by atoms with E-state index < -0.39 is 0 Å². The molecule has 0 saturated carbocycles. The predicted octanol–water partition coefficient (Wildman–Crippen LogP) is 2.02. The Morgan fingerprint density at radius 3 is 2.36 bits per heavy atom. The third-order valence-electron chi connectivity index (χ3n) is 2.04. The summed E-state index contributed by atoms with van der Waals surface area (Å²) in [5.74, 6) is -0.196. The monoisotopic (exact) mass is 252 g/mol. The van der Waals surface area contributed by atoms with Crippen molar-refractivity contribution in [3.05, 3.63) is 54.3 Å². The van der Waals surface area contributed by atoms with Crippen LogP contribution < -0.4 is 4.46 Å². The molecule has 0 aliphatic carbocycles. The fourth-order valence-electron chi connectivity index (χ4n) is 1.36. The van der Waals surface area contributed by atoms with Crippen molar-refractivity contribution in [3.8, 4) is 11.1 Å². The van der Waals surface area contributed by atoms with Crippen molar-refractivity contribution >= 4 is 20.5 Å². The maximum absolute atomic E-state index is 13.0. The SMILES string of the molecule is Fc1ccc([SeH])c(-c2ccccc2)c1. The van der Waals surface area contributed by atoms with E-state index in [2.05, 4.69) is 16.0 Å². The maximum atomic E-state index is 13.0. The molecule has 2 rings (SSSR count). The summed E-state index contributed by atoms with van der Waals surface area (Å²) in [6, 6.07) is 14.6. The molecule has 0 aliphatic rings. The molecule has 0 bridgehead atoms. The number of benzene rings is 2. The van der Waals surface area contributed by atoms with E-state index in [0.717, 1.165) is 15.6 Å². The first-order chi connectivity index (χ1) is 6.77. The molecule has 0 radical (unpaired) electrons. The first-order valence-electron chi connectivity index (χ1n) is 4.31. The fraction of sp³-hybridized carbons (Fsp3) is 0. The van der Waals surface area contributed by atoms with E-state index in [1.54, 1.807) is 12.1 Å². The van der Waals surface area contributed by atoms with Crippen LogP contribution in [0.4, 0.5) is 4.39 Å². The van der Waals surface area contributed by atoms with Crippen LogP contribution in [0.15, 0.2) is 48.5 Å². The van der Waals surface area contributed by atoms with E-state index in [9.17, 15) is 4.39 Å². The molecular weight excluding hydrogens is 242 g/mol. The summed E-state index contributed by atoms with van der Waals surface area (Å²) in [5, 5.41) is 0. The van der Waals surface area contributed by atoms with Crippen molar-refractivity contribution in [2.24, 2.45) is 0 Å². The molecule has 0 heterocycles. The number of halogens is 1. The van der Waals surface area contributed by atoms with Gasteiger partial charge < -0.3 is 0 Å². The summed E-state index contributed by atoms with van der Waals surface area (Å²) in [6.45, 7) is 0. The molecule has 2 heteroatoms. The molecule has 0 aliphatic heterocycles. The van der Waals surface area contributed by atoms with Gasteiger partial charge in [0.15, 0.2) is 0 Å². The molecule has 0 atom stereocenters. The molecule has 0 N–H and O–H groups in total. The van der Waals surface area contributed by atoms with Crippen LogP contribution >= 0.6 is 0 Å². The van der Waals surface area contributed by atoms with Crippen LogP contribution in [0.5, 0.6) is 0 Å². The van der Waals surface area contributed by atoms with Gasteiger partial charge in [0, 0.05) is 0 Å². The normalized spacial score (nSPS) is 10.1. The average Bonchev–Trinajstić information content (AvgIpc) is 2.23. The molecular formula is C12H9FSe. The number of rotatable bonds is 1. The second kappa shape index (κ2) is 3.95. The zero-order valence-electron chi connectivity index (χ0n) is 7.44. The van der Waals surface area contributed by atoms with E-state index in [0.29, 0.717) is 0 Å². The second-order valence-electron chi connectivity index (χ2n) is 3.03. The van der Waals surface area contributed by atoms with Gasteiger partial charge in [0.05, 0.1) is 0 Å². The van der Waals surface area contributed by atoms with Crippen molar-refractivity contribution in [2.75, 3.05) is 0 Å². The topological polar surface area (TPSA) is 0 Å². The molecule has 0 aromatic heterocycles. The zero-order chi connectivity index (χ0) is 9.97. The van der Waals surface area contributed by atoms with E-state index >= 15 is 0 Å². The summed E-state index contributed by atoms with van der Waals surface area (Å²) in [5.41, 5.74) is 1.98. The van der Waals surface area contributed by atoms with Crippen LogP contribution in [-0.4, -0.2) is 16.0 Å². The van der Waals surface area contributed by atoms with Gasteiger partial charge in [0.1, 0.15) is 0 Å². The molecule has 0 amide bonds. The van der Waals surface area contributed by atoms with E-state index in [-0.39, 0.29) is 5.82 Å². The van der Waals surface area contributed by atoms with Crippen LogP contribution in [0.3, 0.4) is 0 Å². The van der Waals surface area contributed by atoms with Crippen molar-refractivity contribution < 1.29 is 4.39 Å². The van der Waals surface area contributed by atoms with E-state index in [1.807, 2.05) is 30.3 Å². The first kappa shape index (κ1) is 9.44. The number of hydrogen-bond donors (Lipinski definition) is 0. The Hall–Kier alpha value is -1.11. The van der Waals surface area contributed by atoms with E-state index in [4.69, 9.17) is 0 Å². The fourth-order valence-corrected chi connectivity index (χ4v) is 1.92. The van der Waals surface area contributed by atoms with Gasteiger partial charge in [0.25, 0.3) is 0 Å². The van der Waals surface area contributed by atoms with Gasteiger partial charge in [-0.15, -0.1) is 0 Å². The molecule has 70 valence electrons. The Labute approximate surface area is 90.6 Å². The van der Waals surface area contributed by atoms with Crippen LogP contribution in [0.2, 0.25) is 0 Å². The Balaban J connectivity index is 2.57. The minimum absolute atomic E-state index is 0.196. The Morgan fingerprint density at radius 2 is 1.64 bits per heavy atom. The summed E-state index contributed by atoms with van der Waals surface area (Å²) < 4.78 is 14.1.